The van der Waals surface area contributed by atoms with Gasteiger partial charge in [0.25, 0.3) is 0 Å². The van der Waals surface area contributed by atoms with E-state index in [-0.39, 0.29) is 11.6 Å². The Morgan fingerprint density at radius 3 is 2.33 bits per heavy atom. The number of hydrogen-bond donors (Lipinski definition) is 1. The number of rotatable bonds is 6. The summed E-state index contributed by atoms with van der Waals surface area (Å²) in [6, 6.07) is 9.51. The molecule has 1 heterocycles. The molecule has 1 N–H and O–H groups in total. The van der Waals surface area contributed by atoms with Gasteiger partial charge in [-0.2, -0.15) is 0 Å². The number of esters is 3. The molecule has 0 saturated carbocycles. The number of nitrogens with one attached hydrogen (secondary N) is 1. The van der Waals surface area contributed by atoms with E-state index in [1.165, 1.54) is 14.2 Å². The largest absolute Gasteiger partial charge is 0.469 e. The molecule has 1 aromatic carbocycles. The summed E-state index contributed by atoms with van der Waals surface area (Å²) >= 11 is 0. The molecule has 0 radical (unpaired) electrons. The summed E-state index contributed by atoms with van der Waals surface area (Å²) in [6.07, 6.45) is -0.700. The number of methoxy groups -OCH3 is 2. The van der Waals surface area contributed by atoms with Crippen LogP contribution < -0.4 is 5.32 Å². The van der Waals surface area contributed by atoms with E-state index in [0.717, 1.165) is 5.56 Å². The van der Waals surface area contributed by atoms with Crippen LogP contribution in [0.2, 0.25) is 0 Å². The van der Waals surface area contributed by atoms with Gasteiger partial charge in [0.05, 0.1) is 19.8 Å². The molecule has 4 atom stereocenters. The number of cyclic esters (lactones) is 1. The Balaban J connectivity index is 2.43. The van der Waals surface area contributed by atoms with E-state index in [1.54, 1.807) is 13.8 Å². The maximum Gasteiger partial charge on any atom is 0.336 e. The second-order valence-electron chi connectivity index (χ2n) is 6.48. The van der Waals surface area contributed by atoms with Gasteiger partial charge in [-0.3, -0.25) is 9.59 Å². The lowest BCUT2D eigenvalue weighted by molar-refractivity contribution is -0.148. The molecule has 7 nitrogen and oxygen atoms in total. The van der Waals surface area contributed by atoms with Crippen molar-refractivity contribution in [2.75, 3.05) is 14.2 Å². The van der Waals surface area contributed by atoms with Gasteiger partial charge in [-0.15, -0.1) is 0 Å². The molecule has 146 valence electrons. The lowest BCUT2D eigenvalue weighted by atomic mass is 9.83. The molecular weight excluding hydrogens is 350 g/mol. The predicted octanol–water partition coefficient (Wildman–Crippen LogP) is 2.13. The Kier molecular flexibility index (Phi) is 6.60. The predicted molar refractivity (Wildman–Crippen MR) is 97.3 cm³/mol. The van der Waals surface area contributed by atoms with Gasteiger partial charge < -0.3 is 19.5 Å². The topological polar surface area (TPSA) is 90.9 Å². The van der Waals surface area contributed by atoms with Gasteiger partial charge in [-0.1, -0.05) is 30.3 Å². The molecule has 0 amide bonds. The van der Waals surface area contributed by atoms with Gasteiger partial charge >= 0.3 is 17.9 Å². The lowest BCUT2D eigenvalue weighted by Crippen LogP contribution is -2.34. The molecular formula is C20H25NO6. The Morgan fingerprint density at radius 2 is 1.78 bits per heavy atom. The van der Waals surface area contributed by atoms with Crippen LogP contribution in [0, 0.1) is 11.8 Å². The second-order valence-corrected chi connectivity index (χ2v) is 6.48. The van der Waals surface area contributed by atoms with E-state index in [0.29, 0.717) is 5.70 Å². The summed E-state index contributed by atoms with van der Waals surface area (Å²) < 4.78 is 14.9. The van der Waals surface area contributed by atoms with Crippen LogP contribution in [0.4, 0.5) is 0 Å². The van der Waals surface area contributed by atoms with Gasteiger partial charge in [0, 0.05) is 11.7 Å². The van der Waals surface area contributed by atoms with Gasteiger partial charge in [0.15, 0.2) is 0 Å². The van der Waals surface area contributed by atoms with Crippen molar-refractivity contribution in [2.24, 2.45) is 11.8 Å². The maximum absolute atomic E-state index is 12.5. The zero-order valence-electron chi connectivity index (χ0n) is 16.1. The number of carbonyl (C=O) groups excluding carboxylic acids is 3. The van der Waals surface area contributed by atoms with Crippen molar-refractivity contribution in [1.82, 2.24) is 5.32 Å². The van der Waals surface area contributed by atoms with Crippen LogP contribution in [0.5, 0.6) is 0 Å². The molecule has 0 unspecified atom stereocenters. The van der Waals surface area contributed by atoms with Crippen LogP contribution in [-0.2, 0) is 28.6 Å². The first-order valence-electron chi connectivity index (χ1n) is 8.70. The molecule has 0 bridgehead atoms. The zero-order valence-corrected chi connectivity index (χ0v) is 16.1. The Hall–Kier alpha value is -2.83. The molecule has 0 aliphatic carbocycles. The van der Waals surface area contributed by atoms with E-state index in [2.05, 4.69) is 5.32 Å². The summed E-state index contributed by atoms with van der Waals surface area (Å²) in [5.41, 5.74) is 1.53. The van der Waals surface area contributed by atoms with E-state index in [1.807, 2.05) is 37.3 Å². The SMILES string of the molecule is COC(=O)/C(=C(/C)N[C@@H](C)c1ccccc1)[C@@H]1C(=O)O[C@H](C)[C@H]1C(=O)OC. The van der Waals surface area contributed by atoms with E-state index in [9.17, 15) is 14.4 Å². The lowest BCUT2D eigenvalue weighted by Gasteiger charge is -2.22. The van der Waals surface area contributed by atoms with Crippen molar-refractivity contribution in [3.05, 3.63) is 47.2 Å². The van der Waals surface area contributed by atoms with E-state index < -0.39 is 35.8 Å². The smallest absolute Gasteiger partial charge is 0.336 e. The Morgan fingerprint density at radius 1 is 1.15 bits per heavy atom. The van der Waals surface area contributed by atoms with Gasteiger partial charge in [-0.05, 0) is 26.3 Å². The van der Waals surface area contributed by atoms with Crippen molar-refractivity contribution < 1.29 is 28.6 Å². The fourth-order valence-corrected chi connectivity index (χ4v) is 3.36. The average molecular weight is 375 g/mol. The Bertz CT molecular complexity index is 742. The minimum Gasteiger partial charge on any atom is -0.469 e. The summed E-state index contributed by atoms with van der Waals surface area (Å²) in [5, 5.41) is 3.22. The standard InChI is InChI=1S/C20H25NO6/c1-11(14-9-7-6-8-10-14)21-12(2)15(18(22)25-4)17-16(19(23)26-5)13(3)27-20(17)24/h6-11,13,16-17,21H,1-5H3/b15-12-/t11-,13+,16+,17-/m0/s1. The van der Waals surface area contributed by atoms with Crippen LogP contribution in [-0.4, -0.2) is 38.2 Å². The highest BCUT2D eigenvalue weighted by atomic mass is 16.6. The highest BCUT2D eigenvalue weighted by molar-refractivity contribution is 5.99. The molecule has 1 fully saturated rings. The van der Waals surface area contributed by atoms with Crippen molar-refractivity contribution in [3.63, 3.8) is 0 Å². The monoisotopic (exact) mass is 375 g/mol. The number of allylic oxidation sites excluding steroid dienone is 1. The molecule has 27 heavy (non-hydrogen) atoms. The first-order valence-corrected chi connectivity index (χ1v) is 8.70. The Labute approximate surface area is 158 Å². The number of hydrogen-bond acceptors (Lipinski definition) is 7. The number of benzene rings is 1. The fraction of sp³-hybridized carbons (Fsp3) is 0.450. The highest BCUT2D eigenvalue weighted by Crippen LogP contribution is 2.36. The third kappa shape index (κ3) is 4.30. The normalized spacial score (nSPS) is 23.7. The van der Waals surface area contributed by atoms with Gasteiger partial charge in [0.1, 0.15) is 17.9 Å². The maximum atomic E-state index is 12.5. The molecule has 2 rings (SSSR count). The molecule has 0 aromatic heterocycles. The number of carbonyl (C=O) groups is 3. The van der Waals surface area contributed by atoms with Gasteiger partial charge in [-0.25, -0.2) is 4.79 Å². The highest BCUT2D eigenvalue weighted by Gasteiger charge is 2.51. The molecule has 0 spiro atoms. The summed E-state index contributed by atoms with van der Waals surface area (Å²) in [6.45, 7) is 5.21. The van der Waals surface area contributed by atoms with Crippen molar-refractivity contribution in [2.45, 2.75) is 32.9 Å². The molecule has 1 aliphatic rings. The molecule has 7 heteroatoms. The fourth-order valence-electron chi connectivity index (χ4n) is 3.36. The first-order chi connectivity index (χ1) is 12.8. The van der Waals surface area contributed by atoms with Crippen LogP contribution >= 0.6 is 0 Å². The van der Waals surface area contributed by atoms with Gasteiger partial charge in [0.2, 0.25) is 0 Å². The first kappa shape index (κ1) is 20.5. The van der Waals surface area contributed by atoms with Crippen LogP contribution in [0.25, 0.3) is 0 Å². The molecule has 1 aliphatic heterocycles. The van der Waals surface area contributed by atoms with Crippen molar-refractivity contribution >= 4 is 17.9 Å². The minimum absolute atomic E-state index is 0.0741. The van der Waals surface area contributed by atoms with E-state index >= 15 is 0 Å². The van der Waals surface area contributed by atoms with Crippen LogP contribution in [0.15, 0.2) is 41.6 Å². The zero-order chi connectivity index (χ0) is 20.1. The number of ether oxygens (including phenoxy) is 3. The van der Waals surface area contributed by atoms with Crippen molar-refractivity contribution in [1.29, 1.82) is 0 Å². The average Bonchev–Trinajstić information content (AvgIpc) is 2.95. The summed E-state index contributed by atoms with van der Waals surface area (Å²) in [7, 11) is 2.46. The summed E-state index contributed by atoms with van der Waals surface area (Å²) in [5.74, 6) is -3.95. The molecule has 1 saturated heterocycles. The van der Waals surface area contributed by atoms with Crippen LogP contribution in [0.1, 0.15) is 32.4 Å². The van der Waals surface area contributed by atoms with Crippen LogP contribution in [0.3, 0.4) is 0 Å². The van der Waals surface area contributed by atoms with Crippen molar-refractivity contribution in [3.8, 4) is 0 Å². The molecule has 1 aromatic rings. The third-order valence-corrected chi connectivity index (χ3v) is 4.75. The quantitative estimate of drug-likeness (QED) is 0.463. The summed E-state index contributed by atoms with van der Waals surface area (Å²) in [4.78, 5) is 37.1. The third-order valence-electron chi connectivity index (χ3n) is 4.75. The second kappa shape index (κ2) is 8.70. The van der Waals surface area contributed by atoms with E-state index in [4.69, 9.17) is 14.2 Å². The minimum atomic E-state index is -1.09.